The molecule has 0 aliphatic heterocycles. The lowest BCUT2D eigenvalue weighted by molar-refractivity contribution is 0.572. The quantitative estimate of drug-likeness (QED) is 0.445. The van der Waals surface area contributed by atoms with Crippen LogP contribution in [0.5, 0.6) is 0 Å². The van der Waals surface area contributed by atoms with Crippen molar-refractivity contribution < 1.29 is 4.42 Å². The van der Waals surface area contributed by atoms with Crippen molar-refractivity contribution in [1.29, 1.82) is 0 Å². The van der Waals surface area contributed by atoms with Crippen LogP contribution >= 0.6 is 11.9 Å². The summed E-state index contributed by atoms with van der Waals surface area (Å²) in [5, 5.41) is 4.43. The van der Waals surface area contributed by atoms with E-state index in [1.165, 1.54) is 18.3 Å². The van der Waals surface area contributed by atoms with Crippen molar-refractivity contribution in [3.8, 4) is 11.3 Å². The normalized spacial score (nSPS) is 9.81. The number of rotatable bonds is 4. The van der Waals surface area contributed by atoms with Gasteiger partial charge >= 0.3 is 0 Å². The Balaban J connectivity index is 0.000000614. The molecule has 0 fully saturated rings. The molecule has 4 rings (SSSR count). The first kappa shape index (κ1) is 20.5. The number of aromatic nitrogens is 4. The predicted molar refractivity (Wildman–Crippen MR) is 112 cm³/mol. The lowest BCUT2D eigenvalue weighted by Gasteiger charge is -2.07. The van der Waals surface area contributed by atoms with Crippen LogP contribution in [0.2, 0.25) is 0 Å². The molecule has 27 heavy (non-hydrogen) atoms. The fourth-order valence-electron chi connectivity index (χ4n) is 2.24. The van der Waals surface area contributed by atoms with Crippen LogP contribution in [-0.2, 0) is 0 Å². The highest BCUT2D eigenvalue weighted by Crippen LogP contribution is 2.25. The molecule has 3 aromatic heterocycles. The molecule has 142 valence electrons. The van der Waals surface area contributed by atoms with E-state index in [0.717, 1.165) is 33.4 Å². The number of nitrogens with zero attached hydrogens (tertiary/aromatic N) is 4. The second-order valence-corrected chi connectivity index (χ2v) is 5.86. The van der Waals surface area contributed by atoms with Crippen LogP contribution < -0.4 is 4.72 Å². The molecule has 0 amide bonds. The SMILES string of the molecule is CC.CC.Cc1cc2nccc(NSc3ccc(-c4cnco4)cc3)n2n1. The summed E-state index contributed by atoms with van der Waals surface area (Å²) in [4.78, 5) is 9.31. The number of benzene rings is 1. The highest BCUT2D eigenvalue weighted by Gasteiger charge is 2.05. The van der Waals surface area contributed by atoms with Crippen LogP contribution in [0, 0.1) is 6.92 Å². The predicted octanol–water partition coefficient (Wildman–Crippen LogP) is 5.86. The molecule has 0 spiro atoms. The smallest absolute Gasteiger partial charge is 0.181 e. The standard InChI is InChI=1S/C16H13N5OS.2C2H6/c1-11-8-16-18-7-6-15(21(16)19-11)20-23-13-4-2-12(3-5-13)14-9-17-10-22-14;2*1-2/h2-10,20H,1H3;2*1-2H3. The number of hydrogen-bond donors (Lipinski definition) is 1. The number of fused-ring (bicyclic) bond motifs is 1. The maximum Gasteiger partial charge on any atom is 0.181 e. The van der Waals surface area contributed by atoms with Crippen LogP contribution in [0.3, 0.4) is 0 Å². The van der Waals surface area contributed by atoms with Crippen LogP contribution in [0.15, 0.2) is 64.5 Å². The van der Waals surface area contributed by atoms with E-state index in [1.54, 1.807) is 16.9 Å². The highest BCUT2D eigenvalue weighted by atomic mass is 32.2. The molecule has 0 bridgehead atoms. The Kier molecular flexibility index (Phi) is 7.88. The van der Waals surface area contributed by atoms with Crippen LogP contribution in [-0.4, -0.2) is 19.6 Å². The zero-order valence-electron chi connectivity index (χ0n) is 16.3. The zero-order valence-corrected chi connectivity index (χ0v) is 17.1. The Labute approximate surface area is 164 Å². The number of anilines is 1. The van der Waals surface area contributed by atoms with E-state index >= 15 is 0 Å². The molecule has 0 aliphatic rings. The van der Waals surface area contributed by atoms with E-state index in [0.29, 0.717) is 0 Å². The minimum Gasteiger partial charge on any atom is -0.444 e. The second-order valence-electron chi connectivity index (χ2n) is 4.98. The van der Waals surface area contributed by atoms with Crippen molar-refractivity contribution in [3.63, 3.8) is 0 Å². The summed E-state index contributed by atoms with van der Waals surface area (Å²) in [6.07, 6.45) is 4.90. The van der Waals surface area contributed by atoms with Gasteiger partial charge in [-0.15, -0.1) is 0 Å². The first-order chi connectivity index (χ1) is 13.3. The van der Waals surface area contributed by atoms with Gasteiger partial charge in [0.2, 0.25) is 0 Å². The van der Waals surface area contributed by atoms with Crippen molar-refractivity contribution in [3.05, 3.63) is 60.9 Å². The third-order valence-corrected chi connectivity index (χ3v) is 4.14. The average molecular weight is 384 g/mol. The molecule has 4 aromatic rings. The summed E-state index contributed by atoms with van der Waals surface area (Å²) in [6, 6.07) is 11.9. The molecule has 0 saturated heterocycles. The zero-order chi connectivity index (χ0) is 19.6. The Bertz CT molecular complexity index is 933. The van der Waals surface area contributed by atoms with Crippen molar-refractivity contribution in [2.45, 2.75) is 39.5 Å². The van der Waals surface area contributed by atoms with E-state index in [1.807, 2.05) is 71.0 Å². The summed E-state index contributed by atoms with van der Waals surface area (Å²) in [5.41, 5.74) is 2.77. The fraction of sp³-hybridized carbons (Fsp3) is 0.250. The van der Waals surface area contributed by atoms with E-state index in [4.69, 9.17) is 4.42 Å². The second kappa shape index (κ2) is 10.4. The molecular formula is C20H25N5OS. The monoisotopic (exact) mass is 383 g/mol. The van der Waals surface area contributed by atoms with Gasteiger partial charge in [-0.3, -0.25) is 0 Å². The van der Waals surface area contributed by atoms with Gasteiger partial charge in [-0.25, -0.2) is 9.97 Å². The third-order valence-electron chi connectivity index (χ3n) is 3.32. The summed E-state index contributed by atoms with van der Waals surface area (Å²) < 4.78 is 10.4. The van der Waals surface area contributed by atoms with Crippen molar-refractivity contribution in [1.82, 2.24) is 19.6 Å². The van der Waals surface area contributed by atoms with Gasteiger partial charge in [0.25, 0.3) is 0 Å². The van der Waals surface area contributed by atoms with Gasteiger partial charge in [0.05, 0.1) is 11.9 Å². The molecular weight excluding hydrogens is 358 g/mol. The average Bonchev–Trinajstić information content (AvgIpc) is 3.39. The molecule has 0 radical (unpaired) electrons. The minimum atomic E-state index is 0.761. The van der Waals surface area contributed by atoms with Gasteiger partial charge in [-0.1, -0.05) is 39.8 Å². The van der Waals surface area contributed by atoms with E-state index in [-0.39, 0.29) is 0 Å². The number of nitrogens with one attached hydrogen (secondary N) is 1. The highest BCUT2D eigenvalue weighted by molar-refractivity contribution is 8.00. The topological polar surface area (TPSA) is 68.2 Å². The van der Waals surface area contributed by atoms with Crippen LogP contribution in [0.25, 0.3) is 17.0 Å². The van der Waals surface area contributed by atoms with E-state index < -0.39 is 0 Å². The molecule has 7 heteroatoms. The Hall–Kier alpha value is -2.80. The van der Waals surface area contributed by atoms with Gasteiger partial charge in [-0.05, 0) is 37.1 Å². The molecule has 0 saturated carbocycles. The maximum absolute atomic E-state index is 5.29. The van der Waals surface area contributed by atoms with E-state index in [2.05, 4.69) is 19.8 Å². The maximum atomic E-state index is 5.29. The van der Waals surface area contributed by atoms with Crippen molar-refractivity contribution >= 4 is 23.4 Å². The molecule has 0 aliphatic carbocycles. The van der Waals surface area contributed by atoms with Crippen LogP contribution in [0.1, 0.15) is 33.4 Å². The Morgan fingerprint density at radius 2 is 1.78 bits per heavy atom. The van der Waals surface area contributed by atoms with E-state index in [9.17, 15) is 0 Å². The molecule has 1 N–H and O–H groups in total. The molecule has 1 aromatic carbocycles. The van der Waals surface area contributed by atoms with Crippen LogP contribution in [0.4, 0.5) is 5.82 Å². The van der Waals surface area contributed by atoms with Gasteiger partial charge in [0.15, 0.2) is 17.8 Å². The fourth-order valence-corrected chi connectivity index (χ4v) is 2.89. The van der Waals surface area contributed by atoms with Gasteiger partial charge in [0, 0.05) is 22.7 Å². The third kappa shape index (κ3) is 5.10. The largest absolute Gasteiger partial charge is 0.444 e. The van der Waals surface area contributed by atoms with Crippen molar-refractivity contribution in [2.24, 2.45) is 0 Å². The minimum absolute atomic E-state index is 0.761. The first-order valence-corrected chi connectivity index (χ1v) is 9.84. The Morgan fingerprint density at radius 1 is 1.04 bits per heavy atom. The first-order valence-electron chi connectivity index (χ1n) is 9.03. The number of aryl methyl sites for hydroxylation is 1. The molecule has 0 atom stereocenters. The number of hydrogen-bond acceptors (Lipinski definition) is 6. The Morgan fingerprint density at radius 3 is 2.44 bits per heavy atom. The summed E-state index contributed by atoms with van der Waals surface area (Å²) in [6.45, 7) is 9.95. The molecule has 6 nitrogen and oxygen atoms in total. The summed E-state index contributed by atoms with van der Waals surface area (Å²) in [5.74, 6) is 1.64. The van der Waals surface area contributed by atoms with Gasteiger partial charge < -0.3 is 9.14 Å². The van der Waals surface area contributed by atoms with Gasteiger partial charge in [-0.2, -0.15) is 9.61 Å². The molecule has 3 heterocycles. The summed E-state index contributed by atoms with van der Waals surface area (Å²) in [7, 11) is 0. The summed E-state index contributed by atoms with van der Waals surface area (Å²) >= 11 is 1.52. The lowest BCUT2D eigenvalue weighted by atomic mass is 10.2. The lowest BCUT2D eigenvalue weighted by Crippen LogP contribution is -1.98. The molecule has 0 unspecified atom stereocenters. The van der Waals surface area contributed by atoms with Crippen molar-refractivity contribution in [2.75, 3.05) is 4.72 Å². The van der Waals surface area contributed by atoms with Gasteiger partial charge in [0.1, 0.15) is 5.82 Å². The number of oxazole rings is 1.